The number of nitrogens with one attached hydrogen (secondary N) is 1. The van der Waals surface area contributed by atoms with Gasteiger partial charge in [0.05, 0.1) is 0 Å². The van der Waals surface area contributed by atoms with E-state index in [4.69, 9.17) is 5.11 Å². The fraction of sp³-hybridized carbons (Fsp3) is 0. The lowest BCUT2D eigenvalue weighted by atomic mass is 10.2. The van der Waals surface area contributed by atoms with Crippen molar-refractivity contribution in [2.75, 3.05) is 0 Å². The number of fused-ring (bicyclic) bond motifs is 1. The van der Waals surface area contributed by atoms with E-state index in [1.165, 1.54) is 0 Å². The second kappa shape index (κ2) is 4.02. The predicted molar refractivity (Wildman–Crippen MR) is 60.2 cm³/mol. The van der Waals surface area contributed by atoms with Crippen LogP contribution >= 0.6 is 28.3 Å². The maximum atomic E-state index is 10.6. The summed E-state index contributed by atoms with van der Waals surface area (Å²) in [6.45, 7) is 0. The summed E-state index contributed by atoms with van der Waals surface area (Å²) in [5.74, 6) is -0.938. The van der Waals surface area contributed by atoms with Crippen molar-refractivity contribution in [2.45, 2.75) is 0 Å². The van der Waals surface area contributed by atoms with Crippen LogP contribution in [-0.2, 0) is 0 Å². The first kappa shape index (κ1) is 11.1. The Hall–Kier alpha value is -1.00. The van der Waals surface area contributed by atoms with E-state index in [1.807, 2.05) is 18.2 Å². The molecule has 74 valence electrons. The molecule has 2 rings (SSSR count). The van der Waals surface area contributed by atoms with Crippen LogP contribution in [0.15, 0.2) is 28.7 Å². The van der Waals surface area contributed by atoms with Crippen molar-refractivity contribution in [1.29, 1.82) is 0 Å². The quantitative estimate of drug-likeness (QED) is 0.841. The molecule has 0 bridgehead atoms. The first-order valence-corrected chi connectivity index (χ1v) is 4.48. The van der Waals surface area contributed by atoms with Crippen molar-refractivity contribution >= 4 is 45.2 Å². The second-order valence-electron chi connectivity index (χ2n) is 2.72. The molecule has 0 fully saturated rings. The average Bonchev–Trinajstić information content (AvgIpc) is 2.46. The lowest BCUT2D eigenvalue weighted by Crippen LogP contribution is -1.94. The third-order valence-electron chi connectivity index (χ3n) is 1.81. The van der Waals surface area contributed by atoms with E-state index >= 15 is 0 Å². The molecule has 1 aromatic carbocycles. The summed E-state index contributed by atoms with van der Waals surface area (Å²) in [5, 5.41) is 9.62. The van der Waals surface area contributed by atoms with Gasteiger partial charge in [0.25, 0.3) is 0 Å². The second-order valence-corrected chi connectivity index (χ2v) is 3.64. The molecule has 0 spiro atoms. The van der Waals surface area contributed by atoms with Crippen LogP contribution in [0.2, 0.25) is 0 Å². The molecule has 0 amide bonds. The Kier molecular flexibility index (Phi) is 3.18. The molecule has 0 unspecified atom stereocenters. The summed E-state index contributed by atoms with van der Waals surface area (Å²) in [7, 11) is 0. The topological polar surface area (TPSA) is 53.1 Å². The minimum Gasteiger partial charge on any atom is -0.477 e. The van der Waals surface area contributed by atoms with Crippen LogP contribution in [0.3, 0.4) is 0 Å². The molecule has 0 aliphatic heterocycles. The van der Waals surface area contributed by atoms with E-state index in [-0.39, 0.29) is 18.1 Å². The van der Waals surface area contributed by atoms with Gasteiger partial charge in [-0.1, -0.05) is 22.0 Å². The Bertz CT molecular complexity index is 481. The zero-order chi connectivity index (χ0) is 9.42. The van der Waals surface area contributed by atoms with E-state index in [0.717, 1.165) is 15.4 Å². The molecule has 14 heavy (non-hydrogen) atoms. The number of carboxylic acid groups (broad SMARTS) is 1. The Morgan fingerprint density at radius 3 is 2.71 bits per heavy atom. The van der Waals surface area contributed by atoms with Gasteiger partial charge in [-0.15, -0.1) is 12.4 Å². The minimum atomic E-state index is -0.938. The van der Waals surface area contributed by atoms with Crippen LogP contribution in [0.1, 0.15) is 10.5 Å². The molecule has 0 atom stereocenters. The first-order valence-electron chi connectivity index (χ1n) is 3.68. The molecule has 0 saturated heterocycles. The summed E-state index contributed by atoms with van der Waals surface area (Å²) in [6.07, 6.45) is 0. The van der Waals surface area contributed by atoms with E-state index in [2.05, 4.69) is 20.9 Å². The fourth-order valence-electron chi connectivity index (χ4n) is 1.21. The summed E-state index contributed by atoms with van der Waals surface area (Å²) >= 11 is 3.31. The molecular weight excluding hydrogens is 269 g/mol. The Morgan fingerprint density at radius 1 is 1.36 bits per heavy atom. The Balaban J connectivity index is 0.000000980. The van der Waals surface area contributed by atoms with Crippen molar-refractivity contribution in [3.05, 3.63) is 34.4 Å². The van der Waals surface area contributed by atoms with Crippen molar-refractivity contribution in [3.8, 4) is 0 Å². The smallest absolute Gasteiger partial charge is 0.352 e. The molecule has 1 heterocycles. The summed E-state index contributed by atoms with van der Waals surface area (Å²) in [5.41, 5.74) is 1.04. The number of aromatic nitrogens is 1. The molecule has 0 aliphatic rings. The largest absolute Gasteiger partial charge is 0.477 e. The third-order valence-corrected chi connectivity index (χ3v) is 2.31. The van der Waals surface area contributed by atoms with Crippen LogP contribution in [0.25, 0.3) is 10.9 Å². The predicted octanol–water partition coefficient (Wildman–Crippen LogP) is 3.05. The van der Waals surface area contributed by atoms with Crippen molar-refractivity contribution in [1.82, 2.24) is 4.98 Å². The molecule has 0 saturated carbocycles. The lowest BCUT2D eigenvalue weighted by molar-refractivity contribution is 0.0691. The first-order chi connectivity index (χ1) is 6.16. The summed E-state index contributed by atoms with van der Waals surface area (Å²) < 4.78 is 0.929. The highest BCUT2D eigenvalue weighted by atomic mass is 79.9. The zero-order valence-electron chi connectivity index (χ0n) is 6.95. The molecule has 2 N–H and O–H groups in total. The third kappa shape index (κ3) is 1.91. The van der Waals surface area contributed by atoms with Gasteiger partial charge in [0.1, 0.15) is 5.69 Å². The molecule has 5 heteroatoms. The molecule has 2 aromatic rings. The average molecular weight is 277 g/mol. The SMILES string of the molecule is Cl.O=C(O)c1cc2ccc(Br)cc2[nH]1. The van der Waals surface area contributed by atoms with Crippen LogP contribution in [0.4, 0.5) is 0 Å². The number of hydrogen-bond acceptors (Lipinski definition) is 1. The van der Waals surface area contributed by atoms with Gasteiger partial charge >= 0.3 is 5.97 Å². The summed E-state index contributed by atoms with van der Waals surface area (Å²) in [4.78, 5) is 13.4. The Morgan fingerprint density at radius 2 is 2.07 bits per heavy atom. The number of hydrogen-bond donors (Lipinski definition) is 2. The monoisotopic (exact) mass is 275 g/mol. The van der Waals surface area contributed by atoms with Crippen molar-refractivity contribution in [2.24, 2.45) is 0 Å². The molecule has 0 aliphatic carbocycles. The van der Waals surface area contributed by atoms with Crippen LogP contribution in [-0.4, -0.2) is 16.1 Å². The Labute approximate surface area is 94.7 Å². The highest BCUT2D eigenvalue weighted by Crippen LogP contribution is 2.20. The number of rotatable bonds is 1. The standard InChI is InChI=1S/C9H6BrNO2.ClH/c10-6-2-1-5-3-8(9(12)13)11-7(5)4-6;/h1-4,11H,(H,12,13);1H. The number of halogens is 2. The number of carboxylic acids is 1. The highest BCUT2D eigenvalue weighted by Gasteiger charge is 2.06. The lowest BCUT2D eigenvalue weighted by Gasteiger charge is -1.89. The van der Waals surface area contributed by atoms with E-state index in [0.29, 0.717) is 0 Å². The highest BCUT2D eigenvalue weighted by molar-refractivity contribution is 9.10. The number of carbonyl (C=O) groups is 1. The number of aromatic amines is 1. The maximum absolute atomic E-state index is 10.6. The van der Waals surface area contributed by atoms with Gasteiger partial charge < -0.3 is 10.1 Å². The van der Waals surface area contributed by atoms with Crippen molar-refractivity contribution < 1.29 is 9.90 Å². The van der Waals surface area contributed by atoms with Gasteiger partial charge in [0, 0.05) is 15.4 Å². The van der Waals surface area contributed by atoms with E-state index in [9.17, 15) is 4.79 Å². The molecule has 0 radical (unpaired) electrons. The number of aromatic carboxylic acids is 1. The fourth-order valence-corrected chi connectivity index (χ4v) is 1.58. The van der Waals surface area contributed by atoms with E-state index < -0.39 is 5.97 Å². The molecular formula is C9H7BrClNO2. The van der Waals surface area contributed by atoms with Crippen LogP contribution < -0.4 is 0 Å². The number of H-pyrrole nitrogens is 1. The number of benzene rings is 1. The van der Waals surface area contributed by atoms with Gasteiger partial charge in [-0.3, -0.25) is 0 Å². The van der Waals surface area contributed by atoms with Crippen molar-refractivity contribution in [3.63, 3.8) is 0 Å². The van der Waals surface area contributed by atoms with Crippen LogP contribution in [0, 0.1) is 0 Å². The minimum absolute atomic E-state index is 0. The van der Waals surface area contributed by atoms with Gasteiger partial charge in [-0.05, 0) is 18.2 Å². The van der Waals surface area contributed by atoms with Crippen LogP contribution in [0.5, 0.6) is 0 Å². The summed E-state index contributed by atoms with van der Waals surface area (Å²) in [6, 6.07) is 7.20. The van der Waals surface area contributed by atoms with Gasteiger partial charge in [0.15, 0.2) is 0 Å². The van der Waals surface area contributed by atoms with E-state index in [1.54, 1.807) is 6.07 Å². The van der Waals surface area contributed by atoms with Gasteiger partial charge in [-0.2, -0.15) is 0 Å². The van der Waals surface area contributed by atoms with Gasteiger partial charge in [-0.25, -0.2) is 4.79 Å². The zero-order valence-corrected chi connectivity index (χ0v) is 9.35. The molecule has 3 nitrogen and oxygen atoms in total. The maximum Gasteiger partial charge on any atom is 0.352 e. The molecule has 1 aromatic heterocycles. The normalized spacial score (nSPS) is 9.79. The van der Waals surface area contributed by atoms with Gasteiger partial charge in [0.2, 0.25) is 0 Å².